The first-order chi connectivity index (χ1) is 9.45. The molecule has 0 unspecified atom stereocenters. The van der Waals surface area contributed by atoms with Crippen molar-refractivity contribution in [3.05, 3.63) is 71.8 Å². The number of hydrogen-bond acceptors (Lipinski definition) is 1. The lowest BCUT2D eigenvalue weighted by Crippen LogP contribution is -2.22. The van der Waals surface area contributed by atoms with Gasteiger partial charge in [0.2, 0.25) is 0 Å². The summed E-state index contributed by atoms with van der Waals surface area (Å²) in [5.41, 5.74) is 2.95. The van der Waals surface area contributed by atoms with Crippen LogP contribution in [0.3, 0.4) is 0 Å². The zero-order chi connectivity index (χ0) is 12.9. The highest BCUT2D eigenvalue weighted by Crippen LogP contribution is 2.37. The van der Waals surface area contributed by atoms with E-state index in [1.807, 2.05) is 0 Å². The summed E-state index contributed by atoms with van der Waals surface area (Å²) in [6.45, 7) is 2.23. The van der Waals surface area contributed by atoms with Gasteiger partial charge < -0.3 is 5.32 Å². The van der Waals surface area contributed by atoms with Gasteiger partial charge in [-0.05, 0) is 36.4 Å². The molecule has 19 heavy (non-hydrogen) atoms. The summed E-state index contributed by atoms with van der Waals surface area (Å²) in [6, 6.07) is 22.0. The molecule has 2 atom stereocenters. The van der Waals surface area contributed by atoms with E-state index >= 15 is 0 Å². The predicted octanol–water partition coefficient (Wildman–Crippen LogP) is 3.94. The minimum Gasteiger partial charge on any atom is -0.316 e. The maximum absolute atomic E-state index is 3.60. The van der Waals surface area contributed by atoms with E-state index < -0.39 is 0 Å². The smallest absolute Gasteiger partial charge is 0.00322 e. The van der Waals surface area contributed by atoms with Gasteiger partial charge in [-0.2, -0.15) is 0 Å². The third-order valence-electron chi connectivity index (χ3n) is 4.17. The molecule has 1 aliphatic heterocycles. The number of benzene rings is 2. The number of nitrogens with one attached hydrogen (secondary N) is 1. The average molecular weight is 251 g/mol. The summed E-state index contributed by atoms with van der Waals surface area (Å²) in [6.07, 6.45) is 2.54. The van der Waals surface area contributed by atoms with Crippen molar-refractivity contribution in [1.29, 1.82) is 0 Å². The molecule has 1 nitrogen and oxygen atoms in total. The van der Waals surface area contributed by atoms with Crippen LogP contribution < -0.4 is 5.32 Å². The van der Waals surface area contributed by atoms with Crippen LogP contribution in [0.4, 0.5) is 0 Å². The van der Waals surface area contributed by atoms with Gasteiger partial charge in [-0.25, -0.2) is 0 Å². The molecule has 0 bridgehead atoms. The molecule has 1 saturated heterocycles. The summed E-state index contributed by atoms with van der Waals surface area (Å²) < 4.78 is 0. The van der Waals surface area contributed by atoms with Crippen molar-refractivity contribution in [3.63, 3.8) is 0 Å². The van der Waals surface area contributed by atoms with E-state index in [0.717, 1.165) is 13.1 Å². The fourth-order valence-electron chi connectivity index (χ4n) is 3.20. The molecule has 0 spiro atoms. The first kappa shape index (κ1) is 12.4. The topological polar surface area (TPSA) is 12.0 Å². The van der Waals surface area contributed by atoms with E-state index in [-0.39, 0.29) is 0 Å². The molecule has 0 aliphatic carbocycles. The van der Waals surface area contributed by atoms with Crippen LogP contribution >= 0.6 is 0 Å². The van der Waals surface area contributed by atoms with Gasteiger partial charge in [0.15, 0.2) is 0 Å². The molecular formula is C18H21N. The van der Waals surface area contributed by atoms with Crippen LogP contribution in [0.5, 0.6) is 0 Å². The van der Waals surface area contributed by atoms with E-state index in [4.69, 9.17) is 0 Å². The zero-order valence-corrected chi connectivity index (χ0v) is 11.3. The van der Waals surface area contributed by atoms with E-state index in [1.54, 1.807) is 0 Å². The van der Waals surface area contributed by atoms with Crippen molar-refractivity contribution in [2.45, 2.75) is 24.7 Å². The molecule has 2 aromatic carbocycles. The predicted molar refractivity (Wildman–Crippen MR) is 80.5 cm³/mol. The molecular weight excluding hydrogens is 230 g/mol. The standard InChI is InChI=1S/C18H21N/c1-3-8-15(9-4-1)17-12-7-13-19-14-18(17)16-10-5-2-6-11-16/h1-6,8-11,17-19H,7,12-14H2/t17-,18-/m1/s1. The molecule has 2 aromatic rings. The molecule has 98 valence electrons. The quantitative estimate of drug-likeness (QED) is 0.852. The molecule has 1 N–H and O–H groups in total. The summed E-state index contributed by atoms with van der Waals surface area (Å²) >= 11 is 0. The van der Waals surface area contributed by atoms with Crippen LogP contribution in [-0.4, -0.2) is 13.1 Å². The second-order valence-corrected chi connectivity index (χ2v) is 5.38. The Morgan fingerprint density at radius 3 is 1.95 bits per heavy atom. The van der Waals surface area contributed by atoms with Gasteiger partial charge in [-0.1, -0.05) is 60.7 Å². The Hall–Kier alpha value is -1.60. The fraction of sp³-hybridized carbons (Fsp3) is 0.333. The van der Waals surface area contributed by atoms with Gasteiger partial charge >= 0.3 is 0 Å². The van der Waals surface area contributed by atoms with Gasteiger partial charge in [0.05, 0.1) is 0 Å². The minimum atomic E-state index is 0.589. The van der Waals surface area contributed by atoms with Gasteiger partial charge in [-0.15, -0.1) is 0 Å². The van der Waals surface area contributed by atoms with Gasteiger partial charge in [-0.3, -0.25) is 0 Å². The average Bonchev–Trinajstić information content (AvgIpc) is 2.75. The van der Waals surface area contributed by atoms with Crippen molar-refractivity contribution in [3.8, 4) is 0 Å². The number of hydrogen-bond donors (Lipinski definition) is 1. The van der Waals surface area contributed by atoms with Crippen LogP contribution in [0.25, 0.3) is 0 Å². The summed E-state index contributed by atoms with van der Waals surface area (Å²) in [5, 5.41) is 3.60. The summed E-state index contributed by atoms with van der Waals surface area (Å²) in [5.74, 6) is 1.23. The van der Waals surface area contributed by atoms with Gasteiger partial charge in [0.25, 0.3) is 0 Å². The van der Waals surface area contributed by atoms with Gasteiger partial charge in [0, 0.05) is 12.5 Å². The lowest BCUT2D eigenvalue weighted by atomic mass is 9.79. The third-order valence-corrected chi connectivity index (χ3v) is 4.17. The molecule has 0 saturated carbocycles. The van der Waals surface area contributed by atoms with Crippen molar-refractivity contribution < 1.29 is 0 Å². The van der Waals surface area contributed by atoms with E-state index in [2.05, 4.69) is 66.0 Å². The van der Waals surface area contributed by atoms with E-state index in [1.165, 1.54) is 24.0 Å². The maximum Gasteiger partial charge on any atom is 0.00322 e. The normalized spacial score (nSPS) is 23.8. The second kappa shape index (κ2) is 6.03. The molecule has 1 fully saturated rings. The Kier molecular flexibility index (Phi) is 3.95. The van der Waals surface area contributed by atoms with Crippen LogP contribution in [0.1, 0.15) is 35.8 Å². The molecule has 3 rings (SSSR count). The molecule has 1 heteroatoms. The molecule has 1 aliphatic rings. The first-order valence-electron chi connectivity index (χ1n) is 7.26. The largest absolute Gasteiger partial charge is 0.316 e. The van der Waals surface area contributed by atoms with Crippen molar-refractivity contribution in [2.24, 2.45) is 0 Å². The summed E-state index contributed by atoms with van der Waals surface area (Å²) in [4.78, 5) is 0. The lowest BCUT2D eigenvalue weighted by Gasteiger charge is -2.26. The molecule has 1 heterocycles. The lowest BCUT2D eigenvalue weighted by molar-refractivity contribution is 0.527. The Labute approximate surface area is 115 Å². The first-order valence-corrected chi connectivity index (χ1v) is 7.26. The fourth-order valence-corrected chi connectivity index (χ4v) is 3.20. The van der Waals surface area contributed by atoms with E-state index in [9.17, 15) is 0 Å². The van der Waals surface area contributed by atoms with Crippen LogP contribution in [-0.2, 0) is 0 Å². The third kappa shape index (κ3) is 2.87. The zero-order valence-electron chi connectivity index (χ0n) is 11.3. The second-order valence-electron chi connectivity index (χ2n) is 5.38. The van der Waals surface area contributed by atoms with Crippen LogP contribution in [0.2, 0.25) is 0 Å². The monoisotopic (exact) mass is 251 g/mol. The van der Waals surface area contributed by atoms with Gasteiger partial charge in [0.1, 0.15) is 0 Å². The summed E-state index contributed by atoms with van der Waals surface area (Å²) in [7, 11) is 0. The SMILES string of the molecule is c1ccc([C@H]2CCCNC[C@@H]2c2ccccc2)cc1. The van der Waals surface area contributed by atoms with Crippen LogP contribution in [0, 0.1) is 0 Å². The Bertz CT molecular complexity index is 444. The van der Waals surface area contributed by atoms with Crippen molar-refractivity contribution in [1.82, 2.24) is 5.32 Å². The highest BCUT2D eigenvalue weighted by Gasteiger charge is 2.25. The molecule has 0 aromatic heterocycles. The molecule has 0 radical (unpaired) electrons. The van der Waals surface area contributed by atoms with Crippen molar-refractivity contribution >= 4 is 0 Å². The highest BCUT2D eigenvalue weighted by molar-refractivity contribution is 5.29. The maximum atomic E-state index is 3.60. The van der Waals surface area contributed by atoms with E-state index in [0.29, 0.717) is 11.8 Å². The highest BCUT2D eigenvalue weighted by atomic mass is 14.9. The van der Waals surface area contributed by atoms with Crippen molar-refractivity contribution in [2.75, 3.05) is 13.1 Å². The Balaban J connectivity index is 1.94. The number of rotatable bonds is 2. The van der Waals surface area contributed by atoms with Crippen LogP contribution in [0.15, 0.2) is 60.7 Å². The molecule has 0 amide bonds. The Morgan fingerprint density at radius 2 is 1.32 bits per heavy atom. The Morgan fingerprint density at radius 1 is 0.737 bits per heavy atom. The minimum absolute atomic E-state index is 0.589.